The largest absolute Gasteiger partial charge is 0.416 e. The molecule has 24 heavy (non-hydrogen) atoms. The topological polar surface area (TPSA) is 29.1 Å². The lowest BCUT2D eigenvalue weighted by Crippen LogP contribution is -2.30. The molecule has 0 aliphatic rings. The van der Waals surface area contributed by atoms with Crippen LogP contribution < -0.4 is 5.32 Å². The molecule has 0 aromatic heterocycles. The fourth-order valence-corrected chi connectivity index (χ4v) is 2.57. The van der Waals surface area contributed by atoms with E-state index in [-0.39, 0.29) is 12.3 Å². The van der Waals surface area contributed by atoms with E-state index >= 15 is 0 Å². The number of hydrogen-bond donors (Lipinski definition) is 1. The first kappa shape index (κ1) is 18.0. The average molecular weight is 335 g/mol. The first-order valence-electron chi connectivity index (χ1n) is 7.90. The van der Waals surface area contributed by atoms with Gasteiger partial charge in [-0.3, -0.25) is 4.79 Å². The molecule has 0 bridgehead atoms. The fraction of sp³-hybridized carbons (Fsp3) is 0.316. The van der Waals surface area contributed by atoms with Gasteiger partial charge in [-0.05, 0) is 29.7 Å². The van der Waals surface area contributed by atoms with Crippen LogP contribution in [0.1, 0.15) is 42.5 Å². The van der Waals surface area contributed by atoms with Gasteiger partial charge in [0.25, 0.3) is 0 Å². The van der Waals surface area contributed by atoms with E-state index in [0.29, 0.717) is 12.0 Å². The summed E-state index contributed by atoms with van der Waals surface area (Å²) < 4.78 is 38.6. The van der Waals surface area contributed by atoms with Gasteiger partial charge in [-0.1, -0.05) is 55.8 Å². The first-order valence-corrected chi connectivity index (χ1v) is 7.90. The Bertz CT molecular complexity index is 668. The van der Waals surface area contributed by atoms with Crippen molar-refractivity contribution in [2.75, 3.05) is 0 Å². The van der Waals surface area contributed by atoms with Crippen molar-refractivity contribution in [3.8, 4) is 0 Å². The summed E-state index contributed by atoms with van der Waals surface area (Å²) in [6.07, 6.45) is -2.84. The third-order valence-corrected chi connectivity index (χ3v) is 3.74. The van der Waals surface area contributed by atoms with Gasteiger partial charge in [0, 0.05) is 0 Å². The van der Waals surface area contributed by atoms with Gasteiger partial charge in [-0.2, -0.15) is 13.2 Å². The van der Waals surface area contributed by atoms with Crippen LogP contribution in [-0.4, -0.2) is 5.91 Å². The molecule has 0 saturated carbocycles. The first-order chi connectivity index (χ1) is 11.4. The minimum Gasteiger partial charge on any atom is -0.349 e. The van der Waals surface area contributed by atoms with Crippen molar-refractivity contribution in [1.29, 1.82) is 0 Å². The van der Waals surface area contributed by atoms with Crippen molar-refractivity contribution >= 4 is 5.91 Å². The van der Waals surface area contributed by atoms with Gasteiger partial charge in [0.15, 0.2) is 0 Å². The molecule has 2 rings (SSSR count). The molecule has 0 radical (unpaired) electrons. The van der Waals surface area contributed by atoms with E-state index in [9.17, 15) is 18.0 Å². The molecule has 1 amide bonds. The summed E-state index contributed by atoms with van der Waals surface area (Å²) in [4.78, 5) is 12.2. The molecule has 0 aliphatic carbocycles. The minimum absolute atomic E-state index is 0.197. The second-order valence-electron chi connectivity index (χ2n) is 5.69. The third-order valence-electron chi connectivity index (χ3n) is 3.74. The Hall–Kier alpha value is -2.30. The Morgan fingerprint density at radius 1 is 1.08 bits per heavy atom. The molecule has 0 heterocycles. The Balaban J connectivity index is 2.13. The van der Waals surface area contributed by atoms with Gasteiger partial charge in [0.1, 0.15) is 0 Å². The van der Waals surface area contributed by atoms with Crippen molar-refractivity contribution in [1.82, 2.24) is 5.32 Å². The number of benzene rings is 2. The number of alkyl halides is 3. The fourth-order valence-electron chi connectivity index (χ4n) is 2.57. The van der Waals surface area contributed by atoms with Crippen LogP contribution >= 0.6 is 0 Å². The highest BCUT2D eigenvalue weighted by Crippen LogP contribution is 2.31. The monoisotopic (exact) mass is 335 g/mol. The van der Waals surface area contributed by atoms with Crippen LogP contribution in [0.5, 0.6) is 0 Å². The lowest BCUT2D eigenvalue weighted by atomic mass is 9.99. The van der Waals surface area contributed by atoms with E-state index in [1.807, 2.05) is 37.3 Å². The third kappa shape index (κ3) is 5.11. The summed E-state index contributed by atoms with van der Waals surface area (Å²) in [5.74, 6) is -0.197. The second-order valence-corrected chi connectivity index (χ2v) is 5.69. The number of carbonyl (C=O) groups is 1. The average Bonchev–Trinajstić information content (AvgIpc) is 2.55. The summed E-state index contributed by atoms with van der Waals surface area (Å²) in [6, 6.07) is 14.0. The van der Waals surface area contributed by atoms with Gasteiger partial charge in [0.05, 0.1) is 18.0 Å². The van der Waals surface area contributed by atoms with E-state index in [0.717, 1.165) is 24.1 Å². The highest BCUT2D eigenvalue weighted by molar-refractivity contribution is 5.79. The number of nitrogens with one attached hydrogen (secondary N) is 1. The lowest BCUT2D eigenvalue weighted by molar-refractivity contribution is -0.137. The molecule has 1 unspecified atom stereocenters. The summed E-state index contributed by atoms with van der Waals surface area (Å²) in [7, 11) is 0. The number of carbonyl (C=O) groups excluding carboxylic acids is 1. The van der Waals surface area contributed by atoms with E-state index in [2.05, 4.69) is 5.32 Å². The molecule has 0 fully saturated rings. The smallest absolute Gasteiger partial charge is 0.349 e. The maximum atomic E-state index is 12.9. The Labute approximate surface area is 139 Å². The quantitative estimate of drug-likeness (QED) is 0.799. The predicted molar refractivity (Wildman–Crippen MR) is 87.4 cm³/mol. The summed E-state index contributed by atoms with van der Waals surface area (Å²) in [5.41, 5.74) is 0.654. The van der Waals surface area contributed by atoms with Crippen LogP contribution in [0.2, 0.25) is 0 Å². The molecular formula is C19H20F3NO. The van der Waals surface area contributed by atoms with Crippen molar-refractivity contribution in [2.45, 2.75) is 38.4 Å². The van der Waals surface area contributed by atoms with Crippen molar-refractivity contribution in [3.63, 3.8) is 0 Å². The lowest BCUT2D eigenvalue weighted by Gasteiger charge is -2.20. The van der Waals surface area contributed by atoms with Crippen LogP contribution in [0.25, 0.3) is 0 Å². The van der Waals surface area contributed by atoms with Gasteiger partial charge >= 0.3 is 6.18 Å². The number of rotatable bonds is 6. The zero-order valence-electron chi connectivity index (χ0n) is 13.4. The molecule has 1 atom stereocenters. The molecular weight excluding hydrogens is 315 g/mol. The molecule has 2 aromatic rings. The number of amides is 1. The molecule has 2 aromatic carbocycles. The molecule has 128 valence electrons. The maximum Gasteiger partial charge on any atom is 0.416 e. The second kappa shape index (κ2) is 7.99. The van der Waals surface area contributed by atoms with E-state index in [4.69, 9.17) is 0 Å². The van der Waals surface area contributed by atoms with Crippen LogP contribution in [0, 0.1) is 0 Å². The molecule has 5 heteroatoms. The molecule has 2 nitrogen and oxygen atoms in total. The summed E-state index contributed by atoms with van der Waals surface area (Å²) in [5, 5.41) is 2.86. The highest BCUT2D eigenvalue weighted by Gasteiger charge is 2.31. The van der Waals surface area contributed by atoms with Crippen molar-refractivity contribution < 1.29 is 18.0 Å². The number of halogens is 3. The predicted octanol–water partition coefficient (Wildman–Crippen LogP) is 4.91. The van der Waals surface area contributed by atoms with Gasteiger partial charge in [-0.15, -0.1) is 0 Å². The van der Waals surface area contributed by atoms with E-state index in [1.54, 1.807) is 6.07 Å². The number of hydrogen-bond acceptors (Lipinski definition) is 1. The van der Waals surface area contributed by atoms with Gasteiger partial charge in [0.2, 0.25) is 5.91 Å². The van der Waals surface area contributed by atoms with Crippen LogP contribution in [-0.2, 0) is 17.4 Å². The molecule has 1 N–H and O–H groups in total. The zero-order valence-corrected chi connectivity index (χ0v) is 13.4. The van der Waals surface area contributed by atoms with Crippen molar-refractivity contribution in [3.05, 3.63) is 71.3 Å². The Kier molecular flexibility index (Phi) is 6.01. The summed E-state index contributed by atoms with van der Waals surface area (Å²) in [6.45, 7) is 1.93. The zero-order chi connectivity index (χ0) is 17.6. The standard InChI is InChI=1S/C19H20F3NO/c1-2-7-17(15-10-6-11-16(13-15)19(20,21)22)23-18(24)12-14-8-4-3-5-9-14/h3-6,8-11,13,17H,2,7,12H2,1H3,(H,23,24). The SMILES string of the molecule is CCCC(NC(=O)Cc1ccccc1)c1cccc(C(F)(F)F)c1. The Morgan fingerprint density at radius 3 is 2.42 bits per heavy atom. The highest BCUT2D eigenvalue weighted by atomic mass is 19.4. The Morgan fingerprint density at radius 2 is 1.79 bits per heavy atom. The van der Waals surface area contributed by atoms with Crippen molar-refractivity contribution in [2.24, 2.45) is 0 Å². The summed E-state index contributed by atoms with van der Waals surface area (Å²) >= 11 is 0. The molecule has 0 spiro atoms. The maximum absolute atomic E-state index is 12.9. The van der Waals surface area contributed by atoms with E-state index < -0.39 is 17.8 Å². The van der Waals surface area contributed by atoms with Crippen LogP contribution in [0.15, 0.2) is 54.6 Å². The normalized spacial score (nSPS) is 12.7. The van der Waals surface area contributed by atoms with Crippen LogP contribution in [0.4, 0.5) is 13.2 Å². The van der Waals surface area contributed by atoms with Crippen LogP contribution in [0.3, 0.4) is 0 Å². The molecule has 0 aliphatic heterocycles. The molecule has 0 saturated heterocycles. The van der Waals surface area contributed by atoms with Gasteiger partial charge < -0.3 is 5.32 Å². The van der Waals surface area contributed by atoms with E-state index in [1.165, 1.54) is 6.07 Å². The minimum atomic E-state index is -4.39. The van der Waals surface area contributed by atoms with Gasteiger partial charge in [-0.25, -0.2) is 0 Å².